The average Bonchev–Trinajstić information content (AvgIpc) is 2.55. The Hall–Kier alpha value is -2.87. The third-order valence-electron chi connectivity index (χ3n) is 3.59. The smallest absolute Gasteiger partial charge is 0.322 e. The van der Waals surface area contributed by atoms with Gasteiger partial charge in [0.25, 0.3) is 15.9 Å². The van der Waals surface area contributed by atoms with Gasteiger partial charge in [-0.3, -0.25) is 14.3 Å². The lowest BCUT2D eigenvalue weighted by atomic mass is 10.1. The third-order valence-corrected chi connectivity index (χ3v) is 4.97. The summed E-state index contributed by atoms with van der Waals surface area (Å²) in [5, 5.41) is 10.8. The summed E-state index contributed by atoms with van der Waals surface area (Å²) in [7, 11) is -3.74. The number of aryl methyl sites for hydroxylation is 2. The Morgan fingerprint density at radius 3 is 2.20 bits per heavy atom. The maximum Gasteiger partial charge on any atom is 0.322 e. The molecule has 0 saturated carbocycles. The van der Waals surface area contributed by atoms with Crippen LogP contribution in [0.5, 0.6) is 0 Å². The predicted molar refractivity (Wildman–Crippen MR) is 93.1 cm³/mol. The number of carboxylic acid groups (broad SMARTS) is 1. The summed E-state index contributed by atoms with van der Waals surface area (Å²) in [5.41, 5.74) is 2.40. The summed E-state index contributed by atoms with van der Waals surface area (Å²) in [6.45, 7) is 3.24. The second-order valence-electron chi connectivity index (χ2n) is 5.51. The van der Waals surface area contributed by atoms with Gasteiger partial charge in [-0.1, -0.05) is 6.07 Å². The van der Waals surface area contributed by atoms with Crippen molar-refractivity contribution in [3.8, 4) is 0 Å². The van der Waals surface area contributed by atoms with E-state index >= 15 is 0 Å². The first-order chi connectivity index (χ1) is 11.7. The highest BCUT2D eigenvalue weighted by Gasteiger charge is 2.15. The molecule has 0 atom stereocenters. The van der Waals surface area contributed by atoms with Crippen molar-refractivity contribution in [2.24, 2.45) is 0 Å². The molecule has 0 aromatic heterocycles. The highest BCUT2D eigenvalue weighted by Crippen LogP contribution is 2.19. The zero-order valence-electron chi connectivity index (χ0n) is 13.7. The Kier molecular flexibility index (Phi) is 5.43. The summed E-state index contributed by atoms with van der Waals surface area (Å²) >= 11 is 0. The number of carbonyl (C=O) groups is 2. The molecule has 2 aromatic carbocycles. The van der Waals surface area contributed by atoms with Crippen molar-refractivity contribution < 1.29 is 23.1 Å². The lowest BCUT2D eigenvalue weighted by Crippen LogP contribution is -2.29. The van der Waals surface area contributed by atoms with Gasteiger partial charge in [-0.05, 0) is 61.4 Å². The van der Waals surface area contributed by atoms with Crippen molar-refractivity contribution in [2.45, 2.75) is 18.7 Å². The largest absolute Gasteiger partial charge is 0.480 e. The first-order valence-corrected chi connectivity index (χ1v) is 8.87. The van der Waals surface area contributed by atoms with E-state index in [1.54, 1.807) is 12.1 Å². The minimum Gasteiger partial charge on any atom is -0.480 e. The highest BCUT2D eigenvalue weighted by molar-refractivity contribution is 7.92. The monoisotopic (exact) mass is 362 g/mol. The second-order valence-corrected chi connectivity index (χ2v) is 7.19. The van der Waals surface area contributed by atoms with Crippen LogP contribution in [-0.4, -0.2) is 31.9 Å². The van der Waals surface area contributed by atoms with Crippen LogP contribution in [-0.2, 0) is 14.8 Å². The van der Waals surface area contributed by atoms with E-state index in [2.05, 4.69) is 10.0 Å². The van der Waals surface area contributed by atoms with Crippen LogP contribution in [0, 0.1) is 13.8 Å². The normalized spacial score (nSPS) is 11.0. The van der Waals surface area contributed by atoms with Gasteiger partial charge in [0.15, 0.2) is 0 Å². The number of hydrogen-bond acceptors (Lipinski definition) is 4. The van der Waals surface area contributed by atoms with Crippen LogP contribution in [0.15, 0.2) is 47.4 Å². The van der Waals surface area contributed by atoms with Gasteiger partial charge in [0.2, 0.25) is 0 Å². The molecule has 2 rings (SSSR count). The summed E-state index contributed by atoms with van der Waals surface area (Å²) < 4.78 is 27.3. The molecule has 8 heteroatoms. The molecule has 0 bridgehead atoms. The van der Waals surface area contributed by atoms with E-state index in [0.717, 1.165) is 11.1 Å². The zero-order chi connectivity index (χ0) is 18.6. The van der Waals surface area contributed by atoms with Gasteiger partial charge >= 0.3 is 5.97 Å². The molecule has 1 amide bonds. The molecular formula is C17H18N2O5S. The molecule has 3 N–H and O–H groups in total. The Morgan fingerprint density at radius 2 is 1.64 bits per heavy atom. The first kappa shape index (κ1) is 18.5. The fourth-order valence-electron chi connectivity index (χ4n) is 2.04. The minimum atomic E-state index is -3.74. The molecule has 7 nitrogen and oxygen atoms in total. The molecule has 0 radical (unpaired) electrons. The molecule has 2 aromatic rings. The number of nitrogens with one attached hydrogen (secondary N) is 2. The molecule has 0 saturated heterocycles. The first-order valence-electron chi connectivity index (χ1n) is 7.39. The van der Waals surface area contributed by atoms with Gasteiger partial charge in [0.05, 0.1) is 4.90 Å². The van der Waals surface area contributed by atoms with E-state index in [9.17, 15) is 18.0 Å². The molecule has 0 fully saturated rings. The fraction of sp³-hybridized carbons (Fsp3) is 0.176. The van der Waals surface area contributed by atoms with Crippen molar-refractivity contribution in [1.29, 1.82) is 0 Å². The van der Waals surface area contributed by atoms with Crippen LogP contribution in [0.4, 0.5) is 5.69 Å². The molecule has 0 heterocycles. The molecule has 0 aliphatic carbocycles. The maximum absolute atomic E-state index is 12.4. The number of anilines is 1. The third kappa shape index (κ3) is 4.80. The Morgan fingerprint density at radius 1 is 1.00 bits per heavy atom. The van der Waals surface area contributed by atoms with E-state index < -0.39 is 28.4 Å². The van der Waals surface area contributed by atoms with Gasteiger partial charge in [0.1, 0.15) is 6.54 Å². The average molecular weight is 362 g/mol. The van der Waals surface area contributed by atoms with Crippen molar-refractivity contribution in [3.05, 3.63) is 59.2 Å². The van der Waals surface area contributed by atoms with Crippen molar-refractivity contribution in [2.75, 3.05) is 11.3 Å². The standard InChI is InChI=1S/C17H18N2O5S/c1-11-3-8-15(9-12(11)2)25(23,24)19-14-6-4-13(5-7-14)17(22)18-10-16(20)21/h3-9,19H,10H2,1-2H3,(H,18,22)(H,20,21). The highest BCUT2D eigenvalue weighted by atomic mass is 32.2. The Bertz CT molecular complexity index is 905. The summed E-state index contributed by atoms with van der Waals surface area (Å²) in [4.78, 5) is 22.3. The SMILES string of the molecule is Cc1ccc(S(=O)(=O)Nc2ccc(C(=O)NCC(=O)O)cc2)cc1C. The van der Waals surface area contributed by atoms with E-state index in [0.29, 0.717) is 5.69 Å². The molecule has 132 valence electrons. The quantitative estimate of drug-likeness (QED) is 0.727. The molecule has 0 aliphatic rings. The van der Waals surface area contributed by atoms with E-state index in [4.69, 9.17) is 5.11 Å². The van der Waals surface area contributed by atoms with Crippen LogP contribution in [0.2, 0.25) is 0 Å². The topological polar surface area (TPSA) is 113 Å². The number of amides is 1. The number of carboxylic acids is 1. The summed E-state index contributed by atoms with van der Waals surface area (Å²) in [6, 6.07) is 10.6. The summed E-state index contributed by atoms with van der Waals surface area (Å²) in [5.74, 6) is -1.70. The Labute approximate surface area is 145 Å². The van der Waals surface area contributed by atoms with Gasteiger partial charge in [-0.15, -0.1) is 0 Å². The van der Waals surface area contributed by atoms with E-state index in [-0.39, 0.29) is 10.5 Å². The maximum atomic E-state index is 12.4. The lowest BCUT2D eigenvalue weighted by Gasteiger charge is -2.10. The van der Waals surface area contributed by atoms with E-state index in [1.165, 1.54) is 30.3 Å². The van der Waals surface area contributed by atoms with Crippen LogP contribution >= 0.6 is 0 Å². The molecular weight excluding hydrogens is 344 g/mol. The predicted octanol–water partition coefficient (Wildman–Crippen LogP) is 1.92. The van der Waals surface area contributed by atoms with Crippen LogP contribution in [0.25, 0.3) is 0 Å². The number of sulfonamides is 1. The van der Waals surface area contributed by atoms with Crippen LogP contribution in [0.3, 0.4) is 0 Å². The molecule has 0 aliphatic heterocycles. The molecule has 0 unspecified atom stereocenters. The van der Waals surface area contributed by atoms with Crippen LogP contribution < -0.4 is 10.0 Å². The minimum absolute atomic E-state index is 0.152. The van der Waals surface area contributed by atoms with Crippen molar-refractivity contribution in [1.82, 2.24) is 5.32 Å². The second kappa shape index (κ2) is 7.35. The van der Waals surface area contributed by atoms with Crippen molar-refractivity contribution >= 4 is 27.6 Å². The van der Waals surface area contributed by atoms with Gasteiger partial charge in [0, 0.05) is 11.3 Å². The van der Waals surface area contributed by atoms with Gasteiger partial charge in [-0.25, -0.2) is 8.42 Å². The fourth-order valence-corrected chi connectivity index (χ4v) is 3.19. The molecule has 0 spiro atoms. The Balaban J connectivity index is 2.13. The number of hydrogen-bond donors (Lipinski definition) is 3. The summed E-state index contributed by atoms with van der Waals surface area (Å²) in [6.07, 6.45) is 0. The van der Waals surface area contributed by atoms with Crippen molar-refractivity contribution in [3.63, 3.8) is 0 Å². The number of carbonyl (C=O) groups excluding carboxylic acids is 1. The van der Waals surface area contributed by atoms with Crippen LogP contribution in [0.1, 0.15) is 21.5 Å². The van der Waals surface area contributed by atoms with E-state index in [1.807, 2.05) is 13.8 Å². The zero-order valence-corrected chi connectivity index (χ0v) is 14.6. The van der Waals surface area contributed by atoms with Gasteiger partial charge < -0.3 is 10.4 Å². The number of benzene rings is 2. The van der Waals surface area contributed by atoms with Gasteiger partial charge in [-0.2, -0.15) is 0 Å². The lowest BCUT2D eigenvalue weighted by molar-refractivity contribution is -0.135. The number of rotatable bonds is 6. The number of aliphatic carboxylic acids is 1. The molecule has 25 heavy (non-hydrogen) atoms.